The number of carbonyl (C=O) groups is 1. The maximum Gasteiger partial charge on any atom is 0.315 e. The molecule has 0 bridgehead atoms. The molecular formula is C7H11IO2. The van der Waals surface area contributed by atoms with Crippen LogP contribution in [-0.4, -0.2) is 17.0 Å². The minimum absolute atomic E-state index is 0.135. The third-order valence-electron chi connectivity index (χ3n) is 0.925. The molecule has 0 aliphatic rings. The molecule has 0 atom stereocenters. The van der Waals surface area contributed by atoms with E-state index in [2.05, 4.69) is 6.58 Å². The highest BCUT2D eigenvalue weighted by Gasteiger charge is 1.96. The number of hydrogen-bond acceptors (Lipinski definition) is 2. The Hall–Kier alpha value is -0.0600. The summed E-state index contributed by atoms with van der Waals surface area (Å²) in [6.07, 6.45) is 3.61. The number of hydrogen-bond donors (Lipinski definition) is 0. The molecule has 0 aromatic carbocycles. The zero-order valence-corrected chi connectivity index (χ0v) is 7.96. The summed E-state index contributed by atoms with van der Waals surface area (Å²) < 4.78 is 5.24. The molecule has 0 aromatic heterocycles. The number of halogens is 1. The van der Waals surface area contributed by atoms with Gasteiger partial charge in [-0.25, -0.2) is 0 Å². The lowest BCUT2D eigenvalue weighted by Gasteiger charge is -1.99. The van der Waals surface area contributed by atoms with Crippen molar-refractivity contribution < 1.29 is 9.53 Å². The Labute approximate surface area is 74.8 Å². The van der Waals surface area contributed by atoms with Gasteiger partial charge in [0.1, 0.15) is 0 Å². The van der Waals surface area contributed by atoms with E-state index in [1.807, 2.05) is 28.7 Å². The molecule has 0 saturated heterocycles. The van der Waals surface area contributed by atoms with Crippen LogP contribution in [0.5, 0.6) is 0 Å². The second kappa shape index (κ2) is 7.05. The monoisotopic (exact) mass is 254 g/mol. The highest BCUT2D eigenvalue weighted by atomic mass is 127. The van der Waals surface area contributed by atoms with Crippen LogP contribution in [0.15, 0.2) is 12.7 Å². The van der Waals surface area contributed by atoms with Crippen molar-refractivity contribution in [3.05, 3.63) is 12.7 Å². The minimum Gasteiger partial charge on any atom is -0.465 e. The van der Waals surface area contributed by atoms with Crippen molar-refractivity contribution in [1.82, 2.24) is 0 Å². The number of allylic oxidation sites excluding steroid dienone is 1. The van der Waals surface area contributed by atoms with Gasteiger partial charge in [0.25, 0.3) is 0 Å². The van der Waals surface area contributed by atoms with Crippen molar-refractivity contribution in [3.8, 4) is 0 Å². The molecule has 3 heteroatoms. The number of alkyl halides is 1. The van der Waals surface area contributed by atoms with Crippen LogP contribution in [0.2, 0.25) is 0 Å². The lowest BCUT2D eigenvalue weighted by molar-refractivity contribution is -0.140. The predicted molar refractivity (Wildman–Crippen MR) is 49.3 cm³/mol. The Morgan fingerprint density at radius 2 is 2.40 bits per heavy atom. The lowest BCUT2D eigenvalue weighted by atomic mass is 10.3. The molecule has 0 aliphatic carbocycles. The van der Waals surface area contributed by atoms with E-state index >= 15 is 0 Å². The van der Waals surface area contributed by atoms with E-state index in [9.17, 15) is 4.79 Å². The predicted octanol–water partition coefficient (Wildman–Crippen LogP) is 1.93. The first kappa shape index (κ1) is 9.94. The highest BCUT2D eigenvalue weighted by Crippen LogP contribution is 1.92. The largest absolute Gasteiger partial charge is 0.465 e. The average Bonchev–Trinajstić information content (AvgIpc) is 1.98. The van der Waals surface area contributed by atoms with Crippen LogP contribution < -0.4 is 0 Å². The fourth-order valence-electron chi connectivity index (χ4n) is 0.452. The van der Waals surface area contributed by atoms with Crippen molar-refractivity contribution in [1.29, 1.82) is 0 Å². The standard InChI is InChI=1S/C7H11IO2/c1-2-3-4-5-10-7(9)6-8/h2H,1,3-6H2. The zero-order valence-electron chi connectivity index (χ0n) is 5.81. The molecule has 10 heavy (non-hydrogen) atoms. The van der Waals surface area contributed by atoms with Crippen LogP contribution in [0.1, 0.15) is 12.8 Å². The Bertz CT molecular complexity index is 112. The first-order valence-electron chi connectivity index (χ1n) is 3.13. The van der Waals surface area contributed by atoms with Gasteiger partial charge in [0.2, 0.25) is 0 Å². The molecule has 0 amide bonds. The normalized spacial score (nSPS) is 8.90. The summed E-state index contributed by atoms with van der Waals surface area (Å²) in [5, 5.41) is 0. The molecule has 2 nitrogen and oxygen atoms in total. The fourth-order valence-corrected chi connectivity index (χ4v) is 0.672. The quantitative estimate of drug-likeness (QED) is 0.246. The van der Waals surface area contributed by atoms with Gasteiger partial charge in [0, 0.05) is 0 Å². The molecule has 0 radical (unpaired) electrons. The van der Waals surface area contributed by atoms with Crippen molar-refractivity contribution in [2.45, 2.75) is 12.8 Å². The number of esters is 1. The van der Waals surface area contributed by atoms with E-state index in [0.717, 1.165) is 12.8 Å². The van der Waals surface area contributed by atoms with Crippen LogP contribution in [0, 0.1) is 0 Å². The molecule has 0 rings (SSSR count). The van der Waals surface area contributed by atoms with Crippen LogP contribution >= 0.6 is 22.6 Å². The van der Waals surface area contributed by atoms with Gasteiger partial charge in [-0.05, 0) is 12.8 Å². The van der Waals surface area contributed by atoms with Crippen molar-refractivity contribution in [2.24, 2.45) is 0 Å². The van der Waals surface area contributed by atoms with Gasteiger partial charge in [-0.2, -0.15) is 0 Å². The number of ether oxygens (including phenoxy) is 1. The second-order valence-electron chi connectivity index (χ2n) is 1.79. The Morgan fingerprint density at radius 3 is 2.90 bits per heavy atom. The van der Waals surface area contributed by atoms with Gasteiger partial charge in [-0.3, -0.25) is 4.79 Å². The molecule has 0 aromatic rings. The topological polar surface area (TPSA) is 26.3 Å². The van der Waals surface area contributed by atoms with Crippen LogP contribution in [0.25, 0.3) is 0 Å². The summed E-state index contributed by atoms with van der Waals surface area (Å²) in [6.45, 7) is 4.08. The number of rotatable bonds is 5. The third kappa shape index (κ3) is 6.07. The Balaban J connectivity index is 3.03. The van der Waals surface area contributed by atoms with Gasteiger partial charge in [0.15, 0.2) is 0 Å². The Morgan fingerprint density at radius 1 is 1.70 bits per heavy atom. The molecule has 0 heterocycles. The molecule has 0 unspecified atom stereocenters. The van der Waals surface area contributed by atoms with E-state index in [1.165, 1.54) is 0 Å². The SMILES string of the molecule is C=CCCCOC(=O)CI. The fraction of sp³-hybridized carbons (Fsp3) is 0.571. The van der Waals surface area contributed by atoms with E-state index < -0.39 is 0 Å². The highest BCUT2D eigenvalue weighted by molar-refractivity contribution is 14.1. The summed E-state index contributed by atoms with van der Waals surface area (Å²) in [7, 11) is 0. The van der Waals surface area contributed by atoms with Crippen molar-refractivity contribution >= 4 is 28.6 Å². The molecule has 0 spiro atoms. The van der Waals surface area contributed by atoms with E-state index in [4.69, 9.17) is 4.74 Å². The molecular weight excluding hydrogens is 243 g/mol. The first-order chi connectivity index (χ1) is 4.81. The Kier molecular flexibility index (Phi) is 7.01. The summed E-state index contributed by atoms with van der Waals surface area (Å²) in [6, 6.07) is 0. The van der Waals surface area contributed by atoms with E-state index in [1.54, 1.807) is 0 Å². The van der Waals surface area contributed by atoms with Crippen LogP contribution in [0.4, 0.5) is 0 Å². The second-order valence-corrected chi connectivity index (χ2v) is 2.55. The first-order valence-corrected chi connectivity index (χ1v) is 4.66. The smallest absolute Gasteiger partial charge is 0.315 e. The molecule has 58 valence electrons. The van der Waals surface area contributed by atoms with Gasteiger partial charge < -0.3 is 4.74 Å². The van der Waals surface area contributed by atoms with Gasteiger partial charge >= 0.3 is 5.97 Å². The molecule has 0 aliphatic heterocycles. The summed E-state index contributed by atoms with van der Waals surface area (Å²) in [5.41, 5.74) is 0. The van der Waals surface area contributed by atoms with Crippen LogP contribution in [0.3, 0.4) is 0 Å². The molecule has 0 N–H and O–H groups in total. The van der Waals surface area contributed by atoms with Gasteiger partial charge in [0.05, 0.1) is 11.0 Å². The zero-order chi connectivity index (χ0) is 7.82. The molecule has 0 saturated carbocycles. The van der Waals surface area contributed by atoms with Gasteiger partial charge in [-0.1, -0.05) is 28.7 Å². The number of carbonyl (C=O) groups excluding carboxylic acids is 1. The maximum absolute atomic E-state index is 10.5. The van der Waals surface area contributed by atoms with Crippen LogP contribution in [-0.2, 0) is 9.53 Å². The maximum atomic E-state index is 10.5. The third-order valence-corrected chi connectivity index (χ3v) is 1.55. The number of unbranched alkanes of at least 4 members (excludes halogenated alkanes) is 1. The van der Waals surface area contributed by atoms with E-state index in [0.29, 0.717) is 11.0 Å². The van der Waals surface area contributed by atoms with E-state index in [-0.39, 0.29) is 5.97 Å². The average molecular weight is 254 g/mol. The minimum atomic E-state index is -0.135. The summed E-state index contributed by atoms with van der Waals surface area (Å²) in [4.78, 5) is 10.5. The van der Waals surface area contributed by atoms with Crippen molar-refractivity contribution in [2.75, 3.05) is 11.0 Å². The van der Waals surface area contributed by atoms with Crippen molar-refractivity contribution in [3.63, 3.8) is 0 Å². The summed E-state index contributed by atoms with van der Waals surface area (Å²) in [5.74, 6) is -0.135. The molecule has 0 fully saturated rings. The van der Waals surface area contributed by atoms with Gasteiger partial charge in [-0.15, -0.1) is 6.58 Å². The summed E-state index contributed by atoms with van der Waals surface area (Å²) >= 11 is 1.98. The lowest BCUT2D eigenvalue weighted by Crippen LogP contribution is -2.05.